The van der Waals surface area contributed by atoms with Crippen molar-refractivity contribution in [1.29, 1.82) is 0 Å². The summed E-state index contributed by atoms with van der Waals surface area (Å²) in [6.45, 7) is 1.85. The van der Waals surface area contributed by atoms with E-state index >= 15 is 0 Å². The van der Waals surface area contributed by atoms with E-state index in [9.17, 15) is 9.59 Å². The number of aryl methyl sites for hydroxylation is 1. The monoisotopic (exact) mass is 296 g/mol. The lowest BCUT2D eigenvalue weighted by Crippen LogP contribution is -2.23. The van der Waals surface area contributed by atoms with E-state index in [1.807, 2.05) is 13.0 Å². The molecule has 0 spiro atoms. The summed E-state index contributed by atoms with van der Waals surface area (Å²) in [5.41, 5.74) is 7.24. The molecule has 0 bridgehead atoms. The number of aromatic nitrogens is 4. The van der Waals surface area contributed by atoms with E-state index < -0.39 is 11.8 Å². The van der Waals surface area contributed by atoms with Crippen molar-refractivity contribution >= 4 is 28.4 Å². The molecule has 0 aliphatic heterocycles. The van der Waals surface area contributed by atoms with Crippen molar-refractivity contribution in [2.24, 2.45) is 5.73 Å². The number of aromatic amines is 1. The molecular formula is C14H12N6O2. The summed E-state index contributed by atoms with van der Waals surface area (Å²) in [5, 5.41) is 10.4. The number of benzene rings is 1. The van der Waals surface area contributed by atoms with E-state index in [0.717, 1.165) is 16.5 Å². The highest BCUT2D eigenvalue weighted by molar-refractivity contribution is 6.10. The van der Waals surface area contributed by atoms with Crippen molar-refractivity contribution in [3.63, 3.8) is 0 Å². The molecule has 3 aromatic rings. The molecule has 0 aliphatic carbocycles. The van der Waals surface area contributed by atoms with Crippen LogP contribution in [0.15, 0.2) is 30.7 Å². The van der Waals surface area contributed by atoms with Gasteiger partial charge >= 0.3 is 0 Å². The van der Waals surface area contributed by atoms with Gasteiger partial charge < -0.3 is 11.1 Å². The maximum absolute atomic E-state index is 12.3. The Morgan fingerprint density at radius 3 is 2.64 bits per heavy atom. The predicted molar refractivity (Wildman–Crippen MR) is 79.3 cm³/mol. The Morgan fingerprint density at radius 1 is 1.18 bits per heavy atom. The minimum absolute atomic E-state index is 0.110. The van der Waals surface area contributed by atoms with E-state index in [2.05, 4.69) is 25.5 Å². The highest BCUT2D eigenvalue weighted by Crippen LogP contribution is 2.22. The molecule has 2 aromatic heterocycles. The van der Waals surface area contributed by atoms with Crippen LogP contribution in [0.4, 0.5) is 5.69 Å². The number of nitrogens with zero attached hydrogens (tertiary/aromatic N) is 3. The highest BCUT2D eigenvalue weighted by Gasteiger charge is 2.18. The second kappa shape index (κ2) is 5.24. The lowest BCUT2D eigenvalue weighted by atomic mass is 10.1. The summed E-state index contributed by atoms with van der Waals surface area (Å²) in [6.07, 6.45) is 4.29. The number of carbonyl (C=O) groups excluding carboxylic acids is 2. The van der Waals surface area contributed by atoms with E-state index in [1.54, 1.807) is 12.3 Å². The average Bonchev–Trinajstić information content (AvgIpc) is 2.94. The molecule has 22 heavy (non-hydrogen) atoms. The summed E-state index contributed by atoms with van der Waals surface area (Å²) in [6, 6.07) is 3.65. The number of fused-ring (bicyclic) bond motifs is 1. The van der Waals surface area contributed by atoms with Crippen LogP contribution < -0.4 is 11.1 Å². The number of hydrogen-bond donors (Lipinski definition) is 3. The minimum Gasteiger partial charge on any atom is -0.364 e. The first-order valence-electron chi connectivity index (χ1n) is 6.42. The van der Waals surface area contributed by atoms with Crippen LogP contribution >= 0.6 is 0 Å². The molecule has 8 nitrogen and oxygen atoms in total. The topological polar surface area (TPSA) is 127 Å². The van der Waals surface area contributed by atoms with Gasteiger partial charge in [-0.2, -0.15) is 5.10 Å². The standard InChI is InChI=1S/C14H12N6O2/c1-7-4-10-8(6-18-20-10)5-9(7)19-14(22)12-11(13(15)21)16-2-3-17-12/h2-6H,1H3,(H2,15,21)(H,18,20)(H,19,22). The van der Waals surface area contributed by atoms with Crippen molar-refractivity contribution in [3.8, 4) is 0 Å². The Balaban J connectivity index is 1.96. The normalized spacial score (nSPS) is 10.6. The number of hydrogen-bond acceptors (Lipinski definition) is 5. The zero-order valence-corrected chi connectivity index (χ0v) is 11.6. The van der Waals surface area contributed by atoms with Gasteiger partial charge in [0, 0.05) is 23.5 Å². The number of primary amides is 1. The van der Waals surface area contributed by atoms with E-state index in [1.165, 1.54) is 12.4 Å². The SMILES string of the molecule is Cc1cc2[nH]ncc2cc1NC(=O)c1nccnc1C(N)=O. The Hall–Kier alpha value is -3.29. The van der Waals surface area contributed by atoms with Gasteiger partial charge in [0.2, 0.25) is 0 Å². The fourth-order valence-electron chi connectivity index (χ4n) is 2.10. The van der Waals surface area contributed by atoms with Crippen LogP contribution in [0.2, 0.25) is 0 Å². The van der Waals surface area contributed by atoms with Gasteiger partial charge in [0.1, 0.15) is 0 Å². The van der Waals surface area contributed by atoms with E-state index in [-0.39, 0.29) is 11.4 Å². The maximum Gasteiger partial charge on any atom is 0.276 e. The second-order valence-electron chi connectivity index (χ2n) is 4.70. The maximum atomic E-state index is 12.3. The zero-order chi connectivity index (χ0) is 15.7. The van der Waals surface area contributed by atoms with Crippen molar-refractivity contribution in [3.05, 3.63) is 47.7 Å². The van der Waals surface area contributed by atoms with Crippen LogP contribution in [-0.4, -0.2) is 32.0 Å². The third kappa shape index (κ3) is 2.37. The molecule has 0 unspecified atom stereocenters. The molecular weight excluding hydrogens is 284 g/mol. The molecule has 0 saturated carbocycles. The summed E-state index contributed by atoms with van der Waals surface area (Å²) in [5.74, 6) is -1.35. The fourth-order valence-corrected chi connectivity index (χ4v) is 2.10. The number of nitrogens with one attached hydrogen (secondary N) is 2. The van der Waals surface area contributed by atoms with Crippen LogP contribution in [0.25, 0.3) is 10.9 Å². The Morgan fingerprint density at radius 2 is 1.91 bits per heavy atom. The second-order valence-corrected chi connectivity index (χ2v) is 4.70. The molecule has 1 aromatic carbocycles. The van der Waals surface area contributed by atoms with Crippen molar-refractivity contribution in [1.82, 2.24) is 20.2 Å². The van der Waals surface area contributed by atoms with Crippen LogP contribution in [0, 0.1) is 6.92 Å². The Bertz CT molecular complexity index is 886. The Labute approximate surface area is 124 Å². The predicted octanol–water partition coefficient (Wildman–Crippen LogP) is 1.01. The van der Waals surface area contributed by atoms with Crippen LogP contribution in [-0.2, 0) is 0 Å². The summed E-state index contributed by atoms with van der Waals surface area (Å²) >= 11 is 0. The van der Waals surface area contributed by atoms with Gasteiger partial charge in [-0.15, -0.1) is 0 Å². The number of nitrogens with two attached hydrogens (primary N) is 1. The molecule has 3 rings (SSSR count). The average molecular weight is 296 g/mol. The quantitative estimate of drug-likeness (QED) is 0.664. The largest absolute Gasteiger partial charge is 0.364 e. The molecule has 0 fully saturated rings. The molecule has 0 radical (unpaired) electrons. The van der Waals surface area contributed by atoms with Crippen LogP contribution in [0.3, 0.4) is 0 Å². The number of carbonyl (C=O) groups is 2. The molecule has 4 N–H and O–H groups in total. The molecule has 0 atom stereocenters. The number of anilines is 1. The third-order valence-electron chi connectivity index (χ3n) is 3.18. The number of amides is 2. The smallest absolute Gasteiger partial charge is 0.276 e. The molecule has 0 aliphatic rings. The van der Waals surface area contributed by atoms with Crippen LogP contribution in [0.1, 0.15) is 26.5 Å². The van der Waals surface area contributed by atoms with Gasteiger partial charge in [0.05, 0.1) is 11.7 Å². The minimum atomic E-state index is -0.805. The zero-order valence-electron chi connectivity index (χ0n) is 11.6. The fraction of sp³-hybridized carbons (Fsp3) is 0.0714. The first-order chi connectivity index (χ1) is 10.6. The first kappa shape index (κ1) is 13.7. The van der Waals surface area contributed by atoms with Gasteiger partial charge in [0.25, 0.3) is 11.8 Å². The lowest BCUT2D eigenvalue weighted by molar-refractivity contribution is 0.0969. The summed E-state index contributed by atoms with van der Waals surface area (Å²) in [7, 11) is 0. The Kier molecular flexibility index (Phi) is 3.26. The highest BCUT2D eigenvalue weighted by atomic mass is 16.2. The molecule has 8 heteroatoms. The van der Waals surface area contributed by atoms with Gasteiger partial charge in [-0.1, -0.05) is 0 Å². The van der Waals surface area contributed by atoms with Crippen molar-refractivity contribution < 1.29 is 9.59 Å². The lowest BCUT2D eigenvalue weighted by Gasteiger charge is -2.09. The number of rotatable bonds is 3. The summed E-state index contributed by atoms with van der Waals surface area (Å²) < 4.78 is 0. The van der Waals surface area contributed by atoms with E-state index in [4.69, 9.17) is 5.73 Å². The molecule has 2 heterocycles. The van der Waals surface area contributed by atoms with E-state index in [0.29, 0.717) is 5.69 Å². The summed E-state index contributed by atoms with van der Waals surface area (Å²) in [4.78, 5) is 31.3. The van der Waals surface area contributed by atoms with Gasteiger partial charge in [-0.25, -0.2) is 9.97 Å². The third-order valence-corrected chi connectivity index (χ3v) is 3.18. The van der Waals surface area contributed by atoms with Crippen molar-refractivity contribution in [2.45, 2.75) is 6.92 Å². The van der Waals surface area contributed by atoms with Crippen LogP contribution in [0.5, 0.6) is 0 Å². The molecule has 110 valence electrons. The van der Waals surface area contributed by atoms with Gasteiger partial charge in [-0.3, -0.25) is 14.7 Å². The first-order valence-corrected chi connectivity index (χ1v) is 6.42. The van der Waals surface area contributed by atoms with Crippen molar-refractivity contribution in [2.75, 3.05) is 5.32 Å². The van der Waals surface area contributed by atoms with Gasteiger partial charge in [0.15, 0.2) is 11.4 Å². The molecule has 0 saturated heterocycles. The molecule has 2 amide bonds. The van der Waals surface area contributed by atoms with Gasteiger partial charge in [-0.05, 0) is 24.6 Å². The number of H-pyrrole nitrogens is 1.